The Hall–Kier alpha value is -5.32. The Labute approximate surface area is 354 Å². The van der Waals surface area contributed by atoms with Crippen LogP contribution in [0.15, 0.2) is 73.1 Å². The van der Waals surface area contributed by atoms with Crippen LogP contribution in [0.25, 0.3) is 21.8 Å². The minimum Gasteiger partial charge on any atom is -0.357 e. The van der Waals surface area contributed by atoms with E-state index in [-0.39, 0.29) is 34.7 Å². The summed E-state index contributed by atoms with van der Waals surface area (Å²) in [6.45, 7) is 8.81. The number of piperidine rings is 3. The molecule has 2 aromatic carbocycles. The van der Waals surface area contributed by atoms with E-state index in [9.17, 15) is 18.0 Å². The standard InChI is InChI=1S/C44H50FN9O4S2/c1-3-25-60(57,58)52-36-6-4-5-35(40(36)45)41-42(59-28(2)48-41)37-15-20-46-44(50-37)49-33-10-7-30(8-11-33)31-18-21-53(22-19-31)27-29-16-23-54(24-17-29)38-13-9-32(26-47-38)34-12-14-39(55)51-43(34)56/h4-11,13,15,20,26,29,31,34,52H,3,12,14,16-19,21-25,27H2,1-2H3,(H,46,49,50)(H,51,55,56)/t34-/m1/s1. The molecule has 3 N–H and O–H groups in total. The van der Waals surface area contributed by atoms with Gasteiger partial charge in [-0.25, -0.2) is 32.7 Å². The van der Waals surface area contributed by atoms with Crippen LogP contribution in [-0.4, -0.2) is 83.5 Å². The highest BCUT2D eigenvalue weighted by molar-refractivity contribution is 7.92. The Morgan fingerprint density at radius 3 is 2.38 bits per heavy atom. The lowest BCUT2D eigenvalue weighted by molar-refractivity contribution is -0.134. The average molecular weight is 852 g/mol. The first-order chi connectivity index (χ1) is 29.0. The molecule has 3 saturated heterocycles. The van der Waals surface area contributed by atoms with Gasteiger partial charge in [0.05, 0.1) is 38.6 Å². The van der Waals surface area contributed by atoms with Gasteiger partial charge in [0.1, 0.15) is 5.82 Å². The van der Waals surface area contributed by atoms with Crippen LogP contribution in [-0.2, 0) is 19.6 Å². The maximum atomic E-state index is 15.8. The molecule has 0 spiro atoms. The van der Waals surface area contributed by atoms with Crippen LogP contribution >= 0.6 is 11.3 Å². The predicted octanol–water partition coefficient (Wildman–Crippen LogP) is 7.62. The number of anilines is 4. The van der Waals surface area contributed by atoms with Crippen molar-refractivity contribution >= 4 is 56.3 Å². The number of nitrogens with one attached hydrogen (secondary N) is 3. The van der Waals surface area contributed by atoms with Crippen LogP contribution < -0.4 is 20.3 Å². The number of pyridine rings is 1. The van der Waals surface area contributed by atoms with E-state index in [2.05, 4.69) is 59.4 Å². The van der Waals surface area contributed by atoms with Crippen molar-refractivity contribution in [1.29, 1.82) is 0 Å². The SMILES string of the molecule is CCCS(=O)(=O)Nc1cccc(-c2nc(C)sc2-c2ccnc(Nc3ccc(C4CCN(CC5CCN(c6ccc([C@H]7CCC(=O)NC7=O)cn6)CC5)CC4)cc3)n2)c1F. The highest BCUT2D eigenvalue weighted by Crippen LogP contribution is 2.39. The van der Waals surface area contributed by atoms with E-state index in [4.69, 9.17) is 9.97 Å². The molecule has 3 aliphatic rings. The van der Waals surface area contributed by atoms with Crippen LogP contribution in [0.4, 0.5) is 27.5 Å². The van der Waals surface area contributed by atoms with Crippen molar-refractivity contribution in [3.8, 4) is 21.8 Å². The summed E-state index contributed by atoms with van der Waals surface area (Å²) < 4.78 is 43.0. The van der Waals surface area contributed by atoms with E-state index in [0.717, 1.165) is 80.5 Å². The second-order valence-corrected chi connectivity index (χ2v) is 19.0. The number of sulfonamides is 1. The molecule has 5 aromatic rings. The van der Waals surface area contributed by atoms with Gasteiger partial charge in [0, 0.05) is 49.7 Å². The minimum atomic E-state index is -3.68. The number of aromatic nitrogens is 4. The number of imide groups is 1. The van der Waals surface area contributed by atoms with Crippen LogP contribution in [0.1, 0.15) is 79.8 Å². The summed E-state index contributed by atoms with van der Waals surface area (Å²) in [7, 11) is -3.68. The van der Waals surface area contributed by atoms with Gasteiger partial charge in [-0.3, -0.25) is 19.6 Å². The molecular formula is C44H50FN9O4S2. The number of benzene rings is 2. The Bertz CT molecular complexity index is 2430. The molecule has 0 radical (unpaired) electrons. The van der Waals surface area contributed by atoms with Gasteiger partial charge < -0.3 is 15.1 Å². The number of thiazole rings is 1. The number of rotatable bonds is 13. The lowest BCUT2D eigenvalue weighted by atomic mass is 9.88. The molecule has 2 amide bonds. The van der Waals surface area contributed by atoms with Crippen molar-refractivity contribution in [3.63, 3.8) is 0 Å². The summed E-state index contributed by atoms with van der Waals surface area (Å²) in [6, 6.07) is 18.9. The lowest BCUT2D eigenvalue weighted by Crippen LogP contribution is -2.41. The first-order valence-electron chi connectivity index (χ1n) is 20.8. The molecule has 0 aliphatic carbocycles. The first kappa shape index (κ1) is 41.4. The number of nitrogens with zero attached hydrogens (tertiary/aromatic N) is 6. The third kappa shape index (κ3) is 9.66. The summed E-state index contributed by atoms with van der Waals surface area (Å²) in [4.78, 5) is 48.0. The number of carbonyl (C=O) groups excluding carboxylic acids is 2. The summed E-state index contributed by atoms with van der Waals surface area (Å²) >= 11 is 1.39. The minimum absolute atomic E-state index is 0.103. The number of carbonyl (C=O) groups is 2. The third-order valence-electron chi connectivity index (χ3n) is 11.7. The monoisotopic (exact) mass is 851 g/mol. The number of amides is 2. The van der Waals surface area contributed by atoms with E-state index >= 15 is 4.39 Å². The van der Waals surface area contributed by atoms with Crippen molar-refractivity contribution in [2.75, 3.05) is 53.4 Å². The Morgan fingerprint density at radius 1 is 0.900 bits per heavy atom. The molecule has 0 saturated carbocycles. The van der Waals surface area contributed by atoms with Gasteiger partial charge in [-0.15, -0.1) is 11.3 Å². The van der Waals surface area contributed by atoms with Crippen molar-refractivity contribution in [2.45, 2.75) is 70.6 Å². The van der Waals surface area contributed by atoms with Crippen LogP contribution in [0.3, 0.4) is 0 Å². The van der Waals surface area contributed by atoms with Crippen LogP contribution in [0.5, 0.6) is 0 Å². The van der Waals surface area contributed by atoms with Crippen LogP contribution in [0.2, 0.25) is 0 Å². The second-order valence-electron chi connectivity index (χ2n) is 16.0. The second kappa shape index (κ2) is 18.1. The van der Waals surface area contributed by atoms with Crippen molar-refractivity contribution < 1.29 is 22.4 Å². The van der Waals surface area contributed by atoms with Gasteiger partial charge in [0.25, 0.3) is 0 Å². The maximum absolute atomic E-state index is 15.8. The fraction of sp³-hybridized carbons (Fsp3) is 0.409. The molecule has 8 rings (SSSR count). The van der Waals surface area contributed by atoms with Gasteiger partial charge in [0.2, 0.25) is 27.8 Å². The first-order valence-corrected chi connectivity index (χ1v) is 23.2. The quantitative estimate of drug-likeness (QED) is 0.1000. The largest absolute Gasteiger partial charge is 0.357 e. The highest BCUT2D eigenvalue weighted by Gasteiger charge is 2.30. The zero-order valence-corrected chi connectivity index (χ0v) is 35.5. The molecule has 314 valence electrons. The lowest BCUT2D eigenvalue weighted by Gasteiger charge is -2.38. The molecule has 0 bridgehead atoms. The van der Waals surface area contributed by atoms with E-state index in [1.165, 1.54) is 23.0 Å². The van der Waals surface area contributed by atoms with E-state index < -0.39 is 15.8 Å². The number of hydrogen-bond donors (Lipinski definition) is 3. The fourth-order valence-corrected chi connectivity index (χ4v) is 10.6. The number of halogens is 1. The molecule has 3 aromatic heterocycles. The molecule has 3 aliphatic heterocycles. The van der Waals surface area contributed by atoms with Crippen molar-refractivity contribution in [1.82, 2.24) is 30.2 Å². The molecule has 0 unspecified atom stereocenters. The normalized spacial score (nSPS) is 18.4. The molecule has 3 fully saturated rings. The third-order valence-corrected chi connectivity index (χ3v) is 14.2. The zero-order chi connectivity index (χ0) is 41.8. The van der Waals surface area contributed by atoms with Gasteiger partial charge in [-0.05, 0) is 118 Å². The summed E-state index contributed by atoms with van der Waals surface area (Å²) in [5.74, 6) is 0.966. The van der Waals surface area contributed by atoms with Gasteiger partial charge in [-0.1, -0.05) is 31.2 Å². The molecule has 13 nitrogen and oxygen atoms in total. The summed E-state index contributed by atoms with van der Waals surface area (Å²) in [6.07, 6.45) is 9.24. The Kier molecular flexibility index (Phi) is 12.5. The summed E-state index contributed by atoms with van der Waals surface area (Å²) in [5, 5.41) is 6.48. The topological polar surface area (TPSA) is 162 Å². The maximum Gasteiger partial charge on any atom is 0.234 e. The van der Waals surface area contributed by atoms with Gasteiger partial charge in [-0.2, -0.15) is 0 Å². The zero-order valence-electron chi connectivity index (χ0n) is 33.9. The predicted molar refractivity (Wildman–Crippen MR) is 233 cm³/mol. The number of hydrogen-bond acceptors (Lipinski definition) is 12. The van der Waals surface area contributed by atoms with Gasteiger partial charge >= 0.3 is 0 Å². The fourth-order valence-electron chi connectivity index (χ4n) is 8.54. The van der Waals surface area contributed by atoms with E-state index in [1.54, 1.807) is 37.5 Å². The molecule has 1 atom stereocenters. The molecule has 6 heterocycles. The van der Waals surface area contributed by atoms with Crippen molar-refractivity contribution in [2.24, 2.45) is 5.92 Å². The van der Waals surface area contributed by atoms with Crippen molar-refractivity contribution in [3.05, 3.63) is 95.0 Å². The Morgan fingerprint density at radius 2 is 1.67 bits per heavy atom. The summed E-state index contributed by atoms with van der Waals surface area (Å²) in [5.41, 5.74) is 4.09. The highest BCUT2D eigenvalue weighted by atomic mass is 32.2. The average Bonchev–Trinajstić information content (AvgIpc) is 3.64. The van der Waals surface area contributed by atoms with Crippen LogP contribution in [0, 0.1) is 18.7 Å². The number of aryl methyl sites for hydroxylation is 1. The van der Waals surface area contributed by atoms with Gasteiger partial charge in [0.15, 0.2) is 5.82 Å². The van der Waals surface area contributed by atoms with E-state index in [1.807, 2.05) is 19.1 Å². The van der Waals surface area contributed by atoms with E-state index in [0.29, 0.717) is 53.3 Å². The molecule has 60 heavy (non-hydrogen) atoms. The molecular weight excluding hydrogens is 802 g/mol. The number of likely N-dealkylation sites (tertiary alicyclic amines) is 1. The Balaban J connectivity index is 0.824. The molecule has 16 heteroatoms. The smallest absolute Gasteiger partial charge is 0.234 e.